The van der Waals surface area contributed by atoms with Crippen molar-refractivity contribution in [1.82, 2.24) is 5.32 Å². The molecular weight excluding hydrogens is 160 g/mol. The molecule has 1 heterocycles. The summed E-state index contributed by atoms with van der Waals surface area (Å²) in [5.74, 6) is 0.921. The third-order valence-electron chi connectivity index (χ3n) is 4.05. The van der Waals surface area contributed by atoms with Crippen molar-refractivity contribution < 1.29 is 0 Å². The largest absolute Gasteiger partial charge is 0.310 e. The molecule has 2 heteroatoms. The van der Waals surface area contributed by atoms with Crippen molar-refractivity contribution in [3.8, 4) is 6.07 Å². The zero-order valence-electron chi connectivity index (χ0n) is 8.72. The van der Waals surface area contributed by atoms with E-state index in [1.54, 1.807) is 0 Å². The quantitative estimate of drug-likeness (QED) is 0.615. The number of nitrogens with zero attached hydrogens (tertiary/aromatic N) is 1. The first-order valence-corrected chi connectivity index (χ1v) is 5.13. The van der Waals surface area contributed by atoms with Gasteiger partial charge in [0.15, 0.2) is 0 Å². The van der Waals surface area contributed by atoms with Crippen LogP contribution < -0.4 is 5.32 Å². The van der Waals surface area contributed by atoms with E-state index in [4.69, 9.17) is 5.26 Å². The van der Waals surface area contributed by atoms with Crippen LogP contribution in [0, 0.1) is 28.6 Å². The highest BCUT2D eigenvalue weighted by atomic mass is 15.1. The number of rotatable bonds is 0. The average molecular weight is 178 g/mol. The summed E-state index contributed by atoms with van der Waals surface area (Å²) in [5, 5.41) is 12.6. The standard InChI is InChI=1S/C11H18N2/c1-10(2,3)11-4-8(6-12)9(5-11)7-13-11/h8-9,13H,4-5,7H2,1-3H3/t8-,9-,11+/m0/s1. The summed E-state index contributed by atoms with van der Waals surface area (Å²) in [7, 11) is 0. The summed E-state index contributed by atoms with van der Waals surface area (Å²) < 4.78 is 0. The van der Waals surface area contributed by atoms with Crippen molar-refractivity contribution in [1.29, 1.82) is 5.26 Å². The predicted octanol–water partition coefficient (Wildman–Crippen LogP) is 1.92. The summed E-state index contributed by atoms with van der Waals surface area (Å²) in [4.78, 5) is 0. The van der Waals surface area contributed by atoms with Crippen LogP contribution >= 0.6 is 0 Å². The Morgan fingerprint density at radius 2 is 2.08 bits per heavy atom. The Balaban J connectivity index is 2.25. The highest BCUT2D eigenvalue weighted by Crippen LogP contribution is 2.52. The molecule has 0 aromatic rings. The maximum atomic E-state index is 8.99. The minimum absolute atomic E-state index is 0.248. The van der Waals surface area contributed by atoms with E-state index in [-0.39, 0.29) is 11.0 Å². The molecule has 2 bridgehead atoms. The molecule has 1 N–H and O–H groups in total. The first-order chi connectivity index (χ1) is 5.98. The summed E-state index contributed by atoms with van der Waals surface area (Å²) in [6, 6.07) is 2.45. The van der Waals surface area contributed by atoms with E-state index in [1.165, 1.54) is 6.42 Å². The lowest BCUT2D eigenvalue weighted by atomic mass is 9.72. The fraction of sp³-hybridized carbons (Fsp3) is 0.909. The van der Waals surface area contributed by atoms with E-state index >= 15 is 0 Å². The molecule has 0 aromatic carbocycles. The van der Waals surface area contributed by atoms with Gasteiger partial charge in [-0.15, -0.1) is 0 Å². The van der Waals surface area contributed by atoms with Crippen LogP contribution in [-0.2, 0) is 0 Å². The zero-order valence-corrected chi connectivity index (χ0v) is 8.72. The number of piperidine rings is 1. The second kappa shape index (κ2) is 2.48. The van der Waals surface area contributed by atoms with Gasteiger partial charge in [-0.25, -0.2) is 0 Å². The summed E-state index contributed by atoms with van der Waals surface area (Å²) in [6.07, 6.45) is 2.26. The lowest BCUT2D eigenvalue weighted by Crippen LogP contribution is -2.51. The van der Waals surface area contributed by atoms with Gasteiger partial charge in [0.25, 0.3) is 0 Å². The van der Waals surface area contributed by atoms with E-state index in [0.29, 0.717) is 11.8 Å². The number of fused-ring (bicyclic) bond motifs is 2. The minimum atomic E-state index is 0.248. The molecule has 1 saturated heterocycles. The summed E-state index contributed by atoms with van der Waals surface area (Å²) >= 11 is 0. The monoisotopic (exact) mass is 178 g/mol. The summed E-state index contributed by atoms with van der Waals surface area (Å²) in [6.45, 7) is 7.89. The highest BCUT2D eigenvalue weighted by molar-refractivity contribution is 5.16. The first kappa shape index (κ1) is 9.02. The molecule has 3 atom stereocenters. The van der Waals surface area contributed by atoms with Gasteiger partial charge in [-0.3, -0.25) is 0 Å². The van der Waals surface area contributed by atoms with Gasteiger partial charge < -0.3 is 5.32 Å². The first-order valence-electron chi connectivity index (χ1n) is 5.13. The zero-order chi connectivity index (χ0) is 9.69. The Bertz CT molecular complexity index is 258. The number of nitriles is 1. The predicted molar refractivity (Wildman–Crippen MR) is 52.0 cm³/mol. The van der Waals surface area contributed by atoms with Crippen molar-refractivity contribution in [2.24, 2.45) is 17.3 Å². The average Bonchev–Trinajstić information content (AvgIpc) is 2.59. The SMILES string of the molecule is CC(C)(C)[C@@]12C[C@@H](CN1)[C@H](C#N)C2. The Kier molecular flexibility index (Phi) is 1.72. The molecule has 0 amide bonds. The molecule has 72 valence electrons. The molecule has 2 rings (SSSR count). The van der Waals surface area contributed by atoms with Crippen LogP contribution in [0.25, 0.3) is 0 Å². The van der Waals surface area contributed by atoms with E-state index in [2.05, 4.69) is 32.2 Å². The van der Waals surface area contributed by atoms with Gasteiger partial charge in [0.1, 0.15) is 0 Å². The smallest absolute Gasteiger partial charge is 0.0659 e. The van der Waals surface area contributed by atoms with E-state index < -0.39 is 0 Å². The van der Waals surface area contributed by atoms with Crippen LogP contribution in [0.1, 0.15) is 33.6 Å². The van der Waals surface area contributed by atoms with Gasteiger partial charge in [-0.05, 0) is 30.7 Å². The minimum Gasteiger partial charge on any atom is -0.310 e. The molecule has 0 unspecified atom stereocenters. The van der Waals surface area contributed by atoms with Gasteiger partial charge in [0.05, 0.1) is 12.0 Å². The normalized spacial score (nSPS) is 43.5. The van der Waals surface area contributed by atoms with Crippen molar-refractivity contribution in [2.75, 3.05) is 6.54 Å². The van der Waals surface area contributed by atoms with Crippen molar-refractivity contribution in [3.63, 3.8) is 0 Å². The highest BCUT2D eigenvalue weighted by Gasteiger charge is 2.55. The van der Waals surface area contributed by atoms with Crippen LogP contribution in [0.2, 0.25) is 0 Å². The maximum Gasteiger partial charge on any atom is 0.0659 e. The Labute approximate surface area is 80.3 Å². The van der Waals surface area contributed by atoms with Crippen LogP contribution in [-0.4, -0.2) is 12.1 Å². The lowest BCUT2D eigenvalue weighted by molar-refractivity contribution is 0.153. The van der Waals surface area contributed by atoms with E-state index in [0.717, 1.165) is 13.0 Å². The van der Waals surface area contributed by atoms with Gasteiger partial charge in [0.2, 0.25) is 0 Å². The Morgan fingerprint density at radius 3 is 2.46 bits per heavy atom. The molecule has 1 aliphatic carbocycles. The molecule has 0 aromatic heterocycles. The van der Waals surface area contributed by atoms with Crippen molar-refractivity contribution in [2.45, 2.75) is 39.2 Å². The molecule has 1 aliphatic heterocycles. The van der Waals surface area contributed by atoms with Gasteiger partial charge in [0, 0.05) is 5.54 Å². The van der Waals surface area contributed by atoms with Crippen molar-refractivity contribution >= 4 is 0 Å². The molecule has 13 heavy (non-hydrogen) atoms. The van der Waals surface area contributed by atoms with Crippen molar-refractivity contribution in [3.05, 3.63) is 0 Å². The molecule has 2 fully saturated rings. The number of hydrogen-bond donors (Lipinski definition) is 1. The molecule has 1 saturated carbocycles. The number of nitrogens with one attached hydrogen (secondary N) is 1. The van der Waals surface area contributed by atoms with Crippen LogP contribution in [0.15, 0.2) is 0 Å². The Hall–Kier alpha value is -0.550. The fourth-order valence-corrected chi connectivity index (χ4v) is 2.93. The third kappa shape index (κ3) is 1.10. The molecule has 2 aliphatic rings. The summed E-state index contributed by atoms with van der Waals surface area (Å²) in [5.41, 5.74) is 0.533. The van der Waals surface area contributed by atoms with Crippen LogP contribution in [0.3, 0.4) is 0 Å². The van der Waals surface area contributed by atoms with E-state index in [9.17, 15) is 0 Å². The van der Waals surface area contributed by atoms with E-state index in [1.807, 2.05) is 0 Å². The molecule has 0 spiro atoms. The fourth-order valence-electron chi connectivity index (χ4n) is 2.93. The molecule has 0 radical (unpaired) electrons. The van der Waals surface area contributed by atoms with Gasteiger partial charge >= 0.3 is 0 Å². The lowest BCUT2D eigenvalue weighted by Gasteiger charge is -2.41. The molecule has 2 nitrogen and oxygen atoms in total. The third-order valence-corrected chi connectivity index (χ3v) is 4.05. The number of hydrogen-bond acceptors (Lipinski definition) is 2. The topological polar surface area (TPSA) is 35.8 Å². The van der Waals surface area contributed by atoms with Gasteiger partial charge in [-0.2, -0.15) is 5.26 Å². The maximum absolute atomic E-state index is 8.99. The van der Waals surface area contributed by atoms with Crippen LogP contribution in [0.4, 0.5) is 0 Å². The Morgan fingerprint density at radius 1 is 1.38 bits per heavy atom. The second-order valence-electron chi connectivity index (χ2n) is 5.62. The second-order valence-corrected chi connectivity index (χ2v) is 5.62. The molecular formula is C11H18N2. The van der Waals surface area contributed by atoms with Gasteiger partial charge in [-0.1, -0.05) is 20.8 Å². The van der Waals surface area contributed by atoms with Crippen LogP contribution in [0.5, 0.6) is 0 Å².